The number of hydrogen-bond acceptors (Lipinski definition) is 7. The number of carboxylic acid groups (broad SMARTS) is 1. The number of aryl methyl sites for hydroxylation is 1. The van der Waals surface area contributed by atoms with E-state index in [1.807, 2.05) is 13.8 Å². The van der Waals surface area contributed by atoms with Crippen LogP contribution in [0.4, 0.5) is 5.82 Å². The monoisotopic (exact) mass is 291 g/mol. The Hall–Kier alpha value is -2.51. The molecule has 2 rings (SSSR count). The van der Waals surface area contributed by atoms with Crippen molar-refractivity contribution in [2.75, 3.05) is 11.9 Å². The number of nitrogens with zero attached hydrogens (tertiary/aromatic N) is 4. The summed E-state index contributed by atoms with van der Waals surface area (Å²) >= 11 is 0. The zero-order valence-corrected chi connectivity index (χ0v) is 12.0. The van der Waals surface area contributed by atoms with Gasteiger partial charge in [-0.15, -0.1) is 5.10 Å². The van der Waals surface area contributed by atoms with Gasteiger partial charge in [0.2, 0.25) is 6.39 Å². The summed E-state index contributed by atoms with van der Waals surface area (Å²) in [5.74, 6) is -0.174. The summed E-state index contributed by atoms with van der Waals surface area (Å²) in [7, 11) is 0. The molecule has 0 aliphatic rings. The van der Waals surface area contributed by atoms with E-state index in [1.54, 1.807) is 0 Å². The predicted molar refractivity (Wildman–Crippen MR) is 74.2 cm³/mol. The molecule has 2 heterocycles. The van der Waals surface area contributed by atoms with Gasteiger partial charge in [0.15, 0.2) is 11.6 Å². The van der Waals surface area contributed by atoms with Crippen LogP contribution in [0.15, 0.2) is 10.9 Å². The Kier molecular flexibility index (Phi) is 4.81. The number of hydrogen-bond donors (Lipinski definition) is 2. The van der Waals surface area contributed by atoms with E-state index in [2.05, 4.69) is 30.2 Å². The van der Waals surface area contributed by atoms with Crippen LogP contribution in [-0.2, 0) is 19.3 Å². The minimum Gasteiger partial charge on any atom is -0.478 e. The molecule has 0 saturated heterocycles. The molecule has 0 fully saturated rings. The van der Waals surface area contributed by atoms with Gasteiger partial charge in [0.1, 0.15) is 5.56 Å². The first-order chi connectivity index (χ1) is 10.2. The maximum absolute atomic E-state index is 11.5. The molecule has 8 nitrogen and oxygen atoms in total. The van der Waals surface area contributed by atoms with E-state index in [-0.39, 0.29) is 11.4 Å². The zero-order valence-electron chi connectivity index (χ0n) is 12.0. The molecule has 0 unspecified atom stereocenters. The van der Waals surface area contributed by atoms with Gasteiger partial charge in [0.25, 0.3) is 0 Å². The number of nitrogens with one attached hydrogen (secondary N) is 1. The average Bonchev–Trinajstić information content (AvgIpc) is 2.99. The van der Waals surface area contributed by atoms with E-state index in [0.717, 1.165) is 11.3 Å². The number of carbonyl (C=O) groups is 1. The van der Waals surface area contributed by atoms with Gasteiger partial charge < -0.3 is 14.9 Å². The van der Waals surface area contributed by atoms with Crippen molar-refractivity contribution in [1.82, 2.24) is 20.3 Å². The Morgan fingerprint density at radius 2 is 2.14 bits per heavy atom. The van der Waals surface area contributed by atoms with Crippen LogP contribution >= 0.6 is 0 Å². The molecular weight excluding hydrogens is 274 g/mol. The minimum atomic E-state index is -1.00. The summed E-state index contributed by atoms with van der Waals surface area (Å²) in [6, 6.07) is 0. The second-order valence-corrected chi connectivity index (χ2v) is 4.39. The number of aromatic nitrogens is 4. The quantitative estimate of drug-likeness (QED) is 0.785. The van der Waals surface area contributed by atoms with E-state index in [0.29, 0.717) is 31.6 Å². The smallest absolute Gasteiger partial charge is 0.339 e. The lowest BCUT2D eigenvalue weighted by Crippen LogP contribution is -2.16. The lowest BCUT2D eigenvalue weighted by molar-refractivity contribution is 0.0696. The lowest BCUT2D eigenvalue weighted by Gasteiger charge is -2.13. The molecule has 0 radical (unpaired) electrons. The molecule has 112 valence electrons. The molecule has 2 aromatic heterocycles. The summed E-state index contributed by atoms with van der Waals surface area (Å²) < 4.78 is 4.64. The van der Waals surface area contributed by atoms with Crippen LogP contribution < -0.4 is 5.32 Å². The fourth-order valence-electron chi connectivity index (χ4n) is 2.12. The van der Waals surface area contributed by atoms with Gasteiger partial charge in [-0.3, -0.25) is 0 Å². The highest BCUT2D eigenvalue weighted by Gasteiger charge is 2.20. The normalized spacial score (nSPS) is 10.6. The molecule has 0 aliphatic carbocycles. The van der Waals surface area contributed by atoms with Gasteiger partial charge in [-0.2, -0.15) is 10.1 Å². The van der Waals surface area contributed by atoms with Crippen LogP contribution in [0.2, 0.25) is 0 Å². The second-order valence-electron chi connectivity index (χ2n) is 4.39. The molecule has 0 atom stereocenters. The largest absolute Gasteiger partial charge is 0.478 e. The molecule has 0 saturated carbocycles. The first-order valence-electron chi connectivity index (χ1n) is 6.78. The van der Waals surface area contributed by atoms with Gasteiger partial charge in [-0.25, -0.2) is 4.79 Å². The molecule has 2 aromatic rings. The predicted octanol–water partition coefficient (Wildman–Crippen LogP) is 1.34. The van der Waals surface area contributed by atoms with Gasteiger partial charge in [-0.1, -0.05) is 19.0 Å². The Bertz CT molecular complexity index is 613. The molecule has 21 heavy (non-hydrogen) atoms. The van der Waals surface area contributed by atoms with Gasteiger partial charge in [0.05, 0.1) is 5.69 Å². The van der Waals surface area contributed by atoms with Crippen molar-refractivity contribution in [1.29, 1.82) is 0 Å². The highest BCUT2D eigenvalue weighted by molar-refractivity contribution is 5.95. The Balaban J connectivity index is 2.20. The van der Waals surface area contributed by atoms with E-state index in [9.17, 15) is 9.90 Å². The van der Waals surface area contributed by atoms with Crippen molar-refractivity contribution in [2.45, 2.75) is 33.1 Å². The summed E-state index contributed by atoms with van der Waals surface area (Å²) in [5.41, 5.74) is 1.64. The fourth-order valence-corrected chi connectivity index (χ4v) is 2.12. The topological polar surface area (TPSA) is 114 Å². The third-order valence-corrected chi connectivity index (χ3v) is 3.11. The SMILES string of the molecule is CCc1nnc(NCCc2ncon2)c(C(=O)O)c1CC. The van der Waals surface area contributed by atoms with Crippen LogP contribution in [0.1, 0.15) is 41.3 Å². The Morgan fingerprint density at radius 1 is 1.33 bits per heavy atom. The Morgan fingerprint density at radius 3 is 2.71 bits per heavy atom. The Labute approximate surface area is 121 Å². The van der Waals surface area contributed by atoms with Crippen molar-refractivity contribution in [3.05, 3.63) is 29.0 Å². The van der Waals surface area contributed by atoms with Crippen LogP contribution in [0.25, 0.3) is 0 Å². The summed E-state index contributed by atoms with van der Waals surface area (Å²) in [6.45, 7) is 4.28. The van der Waals surface area contributed by atoms with Gasteiger partial charge in [-0.05, 0) is 18.4 Å². The van der Waals surface area contributed by atoms with E-state index < -0.39 is 5.97 Å². The molecule has 0 bridgehead atoms. The fraction of sp³-hybridized carbons (Fsp3) is 0.462. The van der Waals surface area contributed by atoms with Crippen LogP contribution in [0, 0.1) is 0 Å². The first kappa shape index (κ1) is 14.9. The number of anilines is 1. The van der Waals surface area contributed by atoms with Crippen molar-refractivity contribution < 1.29 is 14.4 Å². The number of carboxylic acids is 1. The standard InChI is InChI=1S/C13H17N5O3/c1-3-8-9(4-2)16-17-12(11(8)13(19)20)14-6-5-10-15-7-21-18-10/h7H,3-6H2,1-2H3,(H,14,17)(H,19,20). The van der Waals surface area contributed by atoms with Crippen LogP contribution in [0.5, 0.6) is 0 Å². The maximum Gasteiger partial charge on any atom is 0.339 e. The molecule has 0 spiro atoms. The van der Waals surface area contributed by atoms with Crippen LogP contribution in [-0.4, -0.2) is 38.0 Å². The average molecular weight is 291 g/mol. The minimum absolute atomic E-state index is 0.192. The number of rotatable bonds is 7. The van der Waals surface area contributed by atoms with Gasteiger partial charge >= 0.3 is 5.97 Å². The number of aromatic carboxylic acids is 1. The van der Waals surface area contributed by atoms with E-state index in [4.69, 9.17) is 0 Å². The summed E-state index contributed by atoms with van der Waals surface area (Å²) in [4.78, 5) is 15.4. The van der Waals surface area contributed by atoms with E-state index in [1.165, 1.54) is 6.39 Å². The third-order valence-electron chi connectivity index (χ3n) is 3.11. The molecule has 0 aliphatic heterocycles. The molecule has 2 N–H and O–H groups in total. The molecule has 8 heteroatoms. The highest BCUT2D eigenvalue weighted by atomic mass is 16.5. The van der Waals surface area contributed by atoms with Crippen molar-refractivity contribution >= 4 is 11.8 Å². The second kappa shape index (κ2) is 6.78. The summed E-state index contributed by atoms with van der Waals surface area (Å²) in [6.07, 6.45) is 3.01. The maximum atomic E-state index is 11.5. The van der Waals surface area contributed by atoms with E-state index >= 15 is 0 Å². The molecular formula is C13H17N5O3. The summed E-state index contributed by atoms with van der Waals surface area (Å²) in [5, 5.41) is 24.2. The van der Waals surface area contributed by atoms with Crippen molar-refractivity contribution in [3.63, 3.8) is 0 Å². The van der Waals surface area contributed by atoms with Gasteiger partial charge in [0, 0.05) is 13.0 Å². The highest BCUT2D eigenvalue weighted by Crippen LogP contribution is 2.20. The van der Waals surface area contributed by atoms with Crippen molar-refractivity contribution in [3.8, 4) is 0 Å². The molecule has 0 amide bonds. The van der Waals surface area contributed by atoms with Crippen molar-refractivity contribution in [2.24, 2.45) is 0 Å². The third kappa shape index (κ3) is 3.33. The van der Waals surface area contributed by atoms with Crippen LogP contribution in [0.3, 0.4) is 0 Å². The first-order valence-corrected chi connectivity index (χ1v) is 6.78. The lowest BCUT2D eigenvalue weighted by atomic mass is 10.0. The zero-order chi connectivity index (χ0) is 15.2. The molecule has 0 aromatic carbocycles.